The zero-order chi connectivity index (χ0) is 15.1. The number of rotatable bonds is 7. The Morgan fingerprint density at radius 2 is 1.81 bits per heavy atom. The van der Waals surface area contributed by atoms with E-state index in [0.29, 0.717) is 0 Å². The Morgan fingerprint density at radius 1 is 1.05 bits per heavy atom. The van der Waals surface area contributed by atoms with Gasteiger partial charge in [0.15, 0.2) is 0 Å². The number of hydrogen-bond donors (Lipinski definition) is 0. The summed E-state index contributed by atoms with van der Waals surface area (Å²) in [5.74, 6) is 0.148. The van der Waals surface area contributed by atoms with Gasteiger partial charge in [0.05, 0.1) is 5.92 Å². The van der Waals surface area contributed by atoms with Crippen molar-refractivity contribution in [3.8, 4) is 0 Å². The second-order valence-corrected chi connectivity index (χ2v) is 6.14. The molecule has 0 saturated carbocycles. The molecule has 2 heteroatoms. The second-order valence-electron chi connectivity index (χ2n) is 6.14. The Hall–Kier alpha value is -1.31. The van der Waals surface area contributed by atoms with Crippen molar-refractivity contribution < 1.29 is 9.53 Å². The molecule has 1 saturated heterocycles. The molecule has 1 fully saturated rings. The summed E-state index contributed by atoms with van der Waals surface area (Å²) in [5, 5.41) is 0. The molecule has 2 nitrogen and oxygen atoms in total. The Balaban J connectivity index is 1.83. The van der Waals surface area contributed by atoms with Crippen LogP contribution in [0.1, 0.15) is 76.0 Å². The summed E-state index contributed by atoms with van der Waals surface area (Å²) in [7, 11) is 0. The first-order valence-electron chi connectivity index (χ1n) is 8.54. The number of aryl methyl sites for hydroxylation is 1. The Bertz CT molecular complexity index is 435. The molecule has 116 valence electrons. The molecule has 0 amide bonds. The Labute approximate surface area is 128 Å². The molecule has 0 radical (unpaired) electrons. The lowest BCUT2D eigenvalue weighted by Crippen LogP contribution is -2.26. The molecule has 2 rings (SSSR count). The Morgan fingerprint density at radius 3 is 2.43 bits per heavy atom. The zero-order valence-corrected chi connectivity index (χ0v) is 13.4. The normalized spacial score (nSPS) is 22.1. The smallest absolute Gasteiger partial charge is 0.309 e. The van der Waals surface area contributed by atoms with Gasteiger partial charge in [0, 0.05) is 0 Å². The van der Waals surface area contributed by atoms with Gasteiger partial charge in [-0.2, -0.15) is 0 Å². The molecule has 2 unspecified atom stereocenters. The molecule has 0 N–H and O–H groups in total. The summed E-state index contributed by atoms with van der Waals surface area (Å²) in [6.07, 6.45) is 8.87. The lowest BCUT2D eigenvalue weighted by atomic mass is 9.90. The van der Waals surface area contributed by atoms with Gasteiger partial charge in [-0.25, -0.2) is 0 Å². The van der Waals surface area contributed by atoms with Crippen LogP contribution in [0.3, 0.4) is 0 Å². The molecule has 21 heavy (non-hydrogen) atoms. The van der Waals surface area contributed by atoms with Crippen molar-refractivity contribution in [2.45, 2.75) is 71.3 Å². The van der Waals surface area contributed by atoms with Gasteiger partial charge in [0.25, 0.3) is 0 Å². The maximum atomic E-state index is 12.1. The molecule has 1 aromatic carbocycles. The van der Waals surface area contributed by atoms with Crippen LogP contribution in [0.2, 0.25) is 0 Å². The van der Waals surface area contributed by atoms with Crippen LogP contribution in [0.25, 0.3) is 0 Å². The fraction of sp³-hybridized carbons (Fsp3) is 0.632. The van der Waals surface area contributed by atoms with E-state index >= 15 is 0 Å². The van der Waals surface area contributed by atoms with Crippen LogP contribution < -0.4 is 0 Å². The highest BCUT2D eigenvalue weighted by atomic mass is 16.5. The molecular weight excluding hydrogens is 260 g/mol. The first-order chi connectivity index (χ1) is 10.2. The van der Waals surface area contributed by atoms with E-state index in [2.05, 4.69) is 38.1 Å². The van der Waals surface area contributed by atoms with E-state index in [1.54, 1.807) is 0 Å². The van der Waals surface area contributed by atoms with Gasteiger partial charge in [-0.15, -0.1) is 0 Å². The number of unbranched alkanes of at least 4 members (excludes halogenated alkanes) is 3. The van der Waals surface area contributed by atoms with E-state index < -0.39 is 0 Å². The maximum absolute atomic E-state index is 12.1. The molecule has 1 aliphatic rings. The van der Waals surface area contributed by atoms with Gasteiger partial charge in [-0.1, -0.05) is 63.8 Å². The molecule has 2 atom stereocenters. The average molecular weight is 288 g/mol. The highest BCUT2D eigenvalue weighted by molar-refractivity contribution is 5.73. The summed E-state index contributed by atoms with van der Waals surface area (Å²) >= 11 is 0. The minimum atomic E-state index is -0.0321. The number of ether oxygens (including phenoxy) is 1. The van der Waals surface area contributed by atoms with E-state index in [0.717, 1.165) is 37.7 Å². The summed E-state index contributed by atoms with van der Waals surface area (Å²) in [6.45, 7) is 4.36. The third-order valence-corrected chi connectivity index (χ3v) is 4.53. The molecule has 0 aliphatic carbocycles. The maximum Gasteiger partial charge on any atom is 0.309 e. The molecule has 1 aliphatic heterocycles. The van der Waals surface area contributed by atoms with E-state index in [9.17, 15) is 4.79 Å². The van der Waals surface area contributed by atoms with Crippen LogP contribution in [0.5, 0.6) is 0 Å². The predicted octanol–water partition coefficient (Wildman–Crippen LogP) is 5.21. The monoisotopic (exact) mass is 288 g/mol. The fourth-order valence-corrected chi connectivity index (χ4v) is 3.05. The van der Waals surface area contributed by atoms with Crippen molar-refractivity contribution in [1.29, 1.82) is 0 Å². The number of hydrogen-bond acceptors (Lipinski definition) is 2. The van der Waals surface area contributed by atoms with Gasteiger partial charge in [-0.05, 0) is 36.8 Å². The predicted molar refractivity (Wildman–Crippen MR) is 86.1 cm³/mol. The van der Waals surface area contributed by atoms with Crippen molar-refractivity contribution in [1.82, 2.24) is 0 Å². The SMILES string of the molecule is CCCCCCC1CCC(c2ccc(CC)cc2)OC1=O. The third-order valence-electron chi connectivity index (χ3n) is 4.53. The minimum absolute atomic E-state index is 0.0160. The van der Waals surface area contributed by atoms with E-state index in [1.807, 2.05) is 0 Å². The van der Waals surface area contributed by atoms with E-state index in [-0.39, 0.29) is 18.0 Å². The van der Waals surface area contributed by atoms with Crippen LogP contribution >= 0.6 is 0 Å². The second kappa shape index (κ2) is 8.21. The summed E-state index contributed by atoms with van der Waals surface area (Å²) in [6, 6.07) is 8.50. The summed E-state index contributed by atoms with van der Waals surface area (Å²) < 4.78 is 5.68. The van der Waals surface area contributed by atoms with Crippen LogP contribution in [-0.2, 0) is 16.0 Å². The van der Waals surface area contributed by atoms with E-state index in [4.69, 9.17) is 4.74 Å². The van der Waals surface area contributed by atoms with E-state index in [1.165, 1.54) is 24.8 Å². The number of benzene rings is 1. The lowest BCUT2D eigenvalue weighted by molar-refractivity contribution is -0.161. The van der Waals surface area contributed by atoms with Crippen molar-refractivity contribution in [3.63, 3.8) is 0 Å². The fourth-order valence-electron chi connectivity index (χ4n) is 3.05. The first-order valence-corrected chi connectivity index (χ1v) is 8.54. The van der Waals surface area contributed by atoms with Crippen LogP contribution in [0.15, 0.2) is 24.3 Å². The number of carbonyl (C=O) groups is 1. The zero-order valence-electron chi connectivity index (χ0n) is 13.4. The number of esters is 1. The first kappa shape index (κ1) is 16.1. The Kier molecular flexibility index (Phi) is 6.28. The van der Waals surface area contributed by atoms with Gasteiger partial charge in [0.1, 0.15) is 6.10 Å². The van der Waals surface area contributed by atoms with Crippen molar-refractivity contribution in [3.05, 3.63) is 35.4 Å². The van der Waals surface area contributed by atoms with Gasteiger partial charge >= 0.3 is 5.97 Å². The molecule has 1 heterocycles. The third kappa shape index (κ3) is 4.59. The topological polar surface area (TPSA) is 26.3 Å². The quantitative estimate of drug-likeness (QED) is 0.508. The highest BCUT2D eigenvalue weighted by Gasteiger charge is 2.30. The van der Waals surface area contributed by atoms with Gasteiger partial charge < -0.3 is 4.74 Å². The van der Waals surface area contributed by atoms with Crippen LogP contribution in [0, 0.1) is 5.92 Å². The molecule has 0 spiro atoms. The lowest BCUT2D eigenvalue weighted by Gasteiger charge is -2.28. The number of carbonyl (C=O) groups excluding carboxylic acids is 1. The summed E-state index contributed by atoms with van der Waals surface area (Å²) in [5.41, 5.74) is 2.47. The molecule has 1 aromatic rings. The van der Waals surface area contributed by atoms with Crippen LogP contribution in [-0.4, -0.2) is 5.97 Å². The molecule has 0 bridgehead atoms. The average Bonchev–Trinajstić information content (AvgIpc) is 2.53. The highest BCUT2D eigenvalue weighted by Crippen LogP contribution is 2.33. The standard InChI is InChI=1S/C19H28O2/c1-3-5-6-7-8-17-13-14-18(21-19(17)20)16-11-9-15(4-2)10-12-16/h9-12,17-18H,3-8,13-14H2,1-2H3. The van der Waals surface area contributed by atoms with Crippen molar-refractivity contribution >= 4 is 5.97 Å². The summed E-state index contributed by atoms with van der Waals surface area (Å²) in [4.78, 5) is 12.1. The van der Waals surface area contributed by atoms with Gasteiger partial charge in [-0.3, -0.25) is 4.79 Å². The van der Waals surface area contributed by atoms with Gasteiger partial charge in [0.2, 0.25) is 0 Å². The van der Waals surface area contributed by atoms with Crippen molar-refractivity contribution in [2.24, 2.45) is 5.92 Å². The van der Waals surface area contributed by atoms with Crippen molar-refractivity contribution in [2.75, 3.05) is 0 Å². The number of cyclic esters (lactones) is 1. The largest absolute Gasteiger partial charge is 0.457 e. The molecular formula is C19H28O2. The van der Waals surface area contributed by atoms with Crippen LogP contribution in [0.4, 0.5) is 0 Å². The minimum Gasteiger partial charge on any atom is -0.457 e. The molecule has 0 aromatic heterocycles.